The summed E-state index contributed by atoms with van der Waals surface area (Å²) in [5.74, 6) is 1.15. The number of rotatable bonds is 3. The lowest BCUT2D eigenvalue weighted by Crippen LogP contribution is -2.15. The summed E-state index contributed by atoms with van der Waals surface area (Å²) in [5.41, 5.74) is 1.35. The number of fused-ring (bicyclic) bond motifs is 1. The van der Waals surface area contributed by atoms with E-state index < -0.39 is 0 Å². The van der Waals surface area contributed by atoms with E-state index in [-0.39, 0.29) is 17.6 Å². The zero-order valence-corrected chi connectivity index (χ0v) is 12.3. The number of Topliss-reactive ketones (excluding diaryl/α,β-unsaturated/α-hetero) is 1. The first-order valence-electron chi connectivity index (χ1n) is 7.75. The Bertz CT molecular complexity index is 591. The molecule has 0 aliphatic heterocycles. The number of hydrogen-bond acceptors (Lipinski definition) is 2. The molecule has 0 aromatic heterocycles. The van der Waals surface area contributed by atoms with Gasteiger partial charge in [-0.3, -0.25) is 9.59 Å². The molecule has 21 heavy (non-hydrogen) atoms. The molecular formula is C18H21NO2. The van der Waals surface area contributed by atoms with Crippen molar-refractivity contribution in [1.82, 2.24) is 0 Å². The fourth-order valence-corrected chi connectivity index (χ4v) is 3.34. The van der Waals surface area contributed by atoms with E-state index in [2.05, 4.69) is 17.5 Å². The number of benzene rings is 1. The van der Waals surface area contributed by atoms with Gasteiger partial charge in [-0.1, -0.05) is 30.7 Å². The van der Waals surface area contributed by atoms with E-state index >= 15 is 0 Å². The first-order chi connectivity index (χ1) is 10.2. The molecule has 1 fully saturated rings. The average molecular weight is 283 g/mol. The fourth-order valence-electron chi connectivity index (χ4n) is 3.34. The maximum atomic E-state index is 12.4. The standard InChI is InChI=1S/C18H21NO2/c1-12(20)13-7-6-8-14(11-13)19-18(21)17-15-9-4-2-3-5-10-16(15)17/h4,6-9,11,15-17H,2-3,5,10H2,1H3,(H,19,21)/b9-4-/t15-,16-,17+/m0/s1. The molecule has 1 saturated carbocycles. The van der Waals surface area contributed by atoms with Gasteiger partial charge in [0, 0.05) is 17.2 Å². The van der Waals surface area contributed by atoms with Crippen molar-refractivity contribution in [2.24, 2.45) is 17.8 Å². The van der Waals surface area contributed by atoms with Crippen LogP contribution in [-0.2, 0) is 4.79 Å². The van der Waals surface area contributed by atoms with Crippen LogP contribution < -0.4 is 5.32 Å². The third kappa shape index (κ3) is 3.07. The monoisotopic (exact) mass is 283 g/mol. The van der Waals surface area contributed by atoms with Crippen molar-refractivity contribution in [3.05, 3.63) is 42.0 Å². The molecule has 0 spiro atoms. The van der Waals surface area contributed by atoms with Gasteiger partial charge in [0.05, 0.1) is 0 Å². The highest BCUT2D eigenvalue weighted by atomic mass is 16.2. The Balaban J connectivity index is 1.67. The highest BCUT2D eigenvalue weighted by Gasteiger charge is 2.52. The van der Waals surface area contributed by atoms with E-state index in [0.29, 0.717) is 17.4 Å². The van der Waals surface area contributed by atoms with Gasteiger partial charge in [0.1, 0.15) is 0 Å². The number of carbonyl (C=O) groups excluding carboxylic acids is 2. The van der Waals surface area contributed by atoms with Gasteiger partial charge < -0.3 is 5.32 Å². The number of anilines is 1. The Morgan fingerprint density at radius 3 is 2.90 bits per heavy atom. The van der Waals surface area contributed by atoms with Crippen LogP contribution in [0.3, 0.4) is 0 Å². The lowest BCUT2D eigenvalue weighted by atomic mass is 10.1. The Labute approximate surface area is 125 Å². The second kappa shape index (κ2) is 5.84. The van der Waals surface area contributed by atoms with E-state index in [4.69, 9.17) is 0 Å². The lowest BCUT2D eigenvalue weighted by Gasteiger charge is -2.06. The number of carbonyl (C=O) groups is 2. The molecule has 110 valence electrons. The van der Waals surface area contributed by atoms with E-state index in [1.165, 1.54) is 19.8 Å². The van der Waals surface area contributed by atoms with Crippen molar-refractivity contribution in [3.8, 4) is 0 Å². The summed E-state index contributed by atoms with van der Waals surface area (Å²) in [6.45, 7) is 1.54. The topological polar surface area (TPSA) is 46.2 Å². The molecule has 0 unspecified atom stereocenters. The molecule has 3 atom stereocenters. The maximum Gasteiger partial charge on any atom is 0.228 e. The molecule has 0 radical (unpaired) electrons. The third-order valence-corrected chi connectivity index (χ3v) is 4.59. The summed E-state index contributed by atoms with van der Waals surface area (Å²) >= 11 is 0. The van der Waals surface area contributed by atoms with Gasteiger partial charge in [0.15, 0.2) is 5.78 Å². The van der Waals surface area contributed by atoms with Crippen LogP contribution >= 0.6 is 0 Å². The van der Waals surface area contributed by atoms with Gasteiger partial charge in [-0.25, -0.2) is 0 Å². The SMILES string of the molecule is CC(=O)c1cccc(NC(=O)[C@@H]2[C@H]3/C=C\CCCC[C@@H]32)c1. The van der Waals surface area contributed by atoms with Crippen molar-refractivity contribution >= 4 is 17.4 Å². The molecule has 2 aliphatic carbocycles. The van der Waals surface area contributed by atoms with Crippen molar-refractivity contribution in [1.29, 1.82) is 0 Å². The van der Waals surface area contributed by atoms with Gasteiger partial charge in [0.25, 0.3) is 0 Å². The van der Waals surface area contributed by atoms with Crippen molar-refractivity contribution < 1.29 is 9.59 Å². The van der Waals surface area contributed by atoms with E-state index in [1.807, 2.05) is 12.1 Å². The molecule has 1 amide bonds. The molecular weight excluding hydrogens is 262 g/mol. The Morgan fingerprint density at radius 1 is 1.24 bits per heavy atom. The second-order valence-electron chi connectivity index (χ2n) is 6.11. The van der Waals surface area contributed by atoms with Crippen molar-refractivity contribution in [3.63, 3.8) is 0 Å². The fraction of sp³-hybridized carbons (Fsp3) is 0.444. The third-order valence-electron chi connectivity index (χ3n) is 4.59. The van der Waals surface area contributed by atoms with Crippen LogP contribution in [0.15, 0.2) is 36.4 Å². The number of allylic oxidation sites excluding steroid dienone is 2. The van der Waals surface area contributed by atoms with Crippen LogP contribution in [-0.4, -0.2) is 11.7 Å². The lowest BCUT2D eigenvalue weighted by molar-refractivity contribution is -0.117. The molecule has 1 N–H and O–H groups in total. The Kier molecular flexibility index (Phi) is 3.91. The number of ketones is 1. The molecule has 1 aromatic rings. The van der Waals surface area contributed by atoms with Crippen LogP contribution in [0, 0.1) is 17.8 Å². The molecule has 3 nitrogen and oxygen atoms in total. The molecule has 3 heteroatoms. The van der Waals surface area contributed by atoms with E-state index in [0.717, 1.165) is 18.5 Å². The zero-order valence-electron chi connectivity index (χ0n) is 12.3. The molecule has 0 bridgehead atoms. The summed E-state index contributed by atoms with van der Waals surface area (Å²) in [7, 11) is 0. The number of nitrogens with one attached hydrogen (secondary N) is 1. The molecule has 1 aromatic carbocycles. The van der Waals surface area contributed by atoms with E-state index in [9.17, 15) is 9.59 Å². The van der Waals surface area contributed by atoms with Gasteiger partial charge in [-0.2, -0.15) is 0 Å². The van der Waals surface area contributed by atoms with E-state index in [1.54, 1.807) is 12.1 Å². The first-order valence-corrected chi connectivity index (χ1v) is 7.75. The van der Waals surface area contributed by atoms with Gasteiger partial charge >= 0.3 is 0 Å². The summed E-state index contributed by atoms with van der Waals surface area (Å²) in [6.07, 6.45) is 9.18. The molecule has 0 heterocycles. The minimum absolute atomic E-state index is 0.0158. The molecule has 2 aliphatic rings. The van der Waals surface area contributed by atoms with Crippen LogP contribution in [0.2, 0.25) is 0 Å². The average Bonchev–Trinajstić information content (AvgIpc) is 3.10. The minimum atomic E-state index is 0.0158. The van der Waals surface area contributed by atoms with Gasteiger partial charge in [-0.15, -0.1) is 0 Å². The van der Waals surface area contributed by atoms with Crippen molar-refractivity contribution in [2.75, 3.05) is 5.32 Å². The summed E-state index contributed by atoms with van der Waals surface area (Å²) in [6, 6.07) is 7.17. The summed E-state index contributed by atoms with van der Waals surface area (Å²) in [4.78, 5) is 23.8. The smallest absolute Gasteiger partial charge is 0.228 e. The maximum absolute atomic E-state index is 12.4. The van der Waals surface area contributed by atoms with Gasteiger partial charge in [0.2, 0.25) is 5.91 Å². The molecule has 3 rings (SSSR count). The normalized spacial score (nSPS) is 28.7. The van der Waals surface area contributed by atoms with Crippen LogP contribution in [0.5, 0.6) is 0 Å². The Morgan fingerprint density at radius 2 is 2.10 bits per heavy atom. The van der Waals surface area contributed by atoms with Crippen LogP contribution in [0.4, 0.5) is 5.69 Å². The first kappa shape index (κ1) is 14.1. The summed E-state index contributed by atoms with van der Waals surface area (Å²) in [5, 5.41) is 2.97. The van der Waals surface area contributed by atoms with Crippen LogP contribution in [0.1, 0.15) is 43.0 Å². The predicted molar refractivity (Wildman–Crippen MR) is 83.2 cm³/mol. The van der Waals surface area contributed by atoms with Gasteiger partial charge in [-0.05, 0) is 50.2 Å². The van der Waals surface area contributed by atoms with Crippen molar-refractivity contribution in [2.45, 2.75) is 32.6 Å². The highest BCUT2D eigenvalue weighted by Crippen LogP contribution is 2.51. The molecule has 0 saturated heterocycles. The quantitative estimate of drug-likeness (QED) is 0.677. The largest absolute Gasteiger partial charge is 0.326 e. The predicted octanol–water partition coefficient (Wildman–Crippen LogP) is 3.82. The Hall–Kier alpha value is -1.90. The number of hydrogen-bond donors (Lipinski definition) is 1. The summed E-state index contributed by atoms with van der Waals surface area (Å²) < 4.78 is 0. The van der Waals surface area contributed by atoms with Crippen LogP contribution in [0.25, 0.3) is 0 Å². The highest BCUT2D eigenvalue weighted by molar-refractivity contribution is 5.98. The number of amides is 1. The second-order valence-corrected chi connectivity index (χ2v) is 6.11. The minimum Gasteiger partial charge on any atom is -0.326 e. The zero-order chi connectivity index (χ0) is 14.8.